The van der Waals surface area contributed by atoms with Crippen molar-refractivity contribution in [2.45, 2.75) is 39.7 Å². The second-order valence-corrected chi connectivity index (χ2v) is 8.63. The molecule has 1 aliphatic carbocycles. The first-order valence-electron chi connectivity index (χ1n) is 9.16. The van der Waals surface area contributed by atoms with E-state index in [4.69, 9.17) is 9.47 Å². The van der Waals surface area contributed by atoms with E-state index in [9.17, 15) is 4.79 Å². The molecule has 0 saturated heterocycles. The van der Waals surface area contributed by atoms with Crippen LogP contribution in [-0.2, 0) is 4.79 Å². The molecule has 148 valence electrons. The highest BCUT2D eigenvalue weighted by Crippen LogP contribution is 2.47. The number of hydrogen-bond acceptors (Lipinski definition) is 7. The third kappa shape index (κ3) is 3.07. The summed E-state index contributed by atoms with van der Waals surface area (Å²) in [6.45, 7) is 6.63. The molecule has 9 heteroatoms. The van der Waals surface area contributed by atoms with Crippen LogP contribution < -0.4 is 14.8 Å². The highest BCUT2D eigenvalue weighted by Gasteiger charge is 2.42. The maximum Gasteiger partial charge on any atom is 0.248 e. The molecule has 1 atom stereocenters. The van der Waals surface area contributed by atoms with E-state index in [0.717, 1.165) is 22.2 Å². The van der Waals surface area contributed by atoms with Crippen LogP contribution in [0.5, 0.6) is 11.5 Å². The van der Waals surface area contributed by atoms with Gasteiger partial charge < -0.3 is 14.8 Å². The number of Topliss-reactive ketones (excluding diaryl/α,β-unsaturated/α-hetero) is 1. The number of halogens is 1. The predicted octanol–water partition coefficient (Wildman–Crippen LogP) is 3.50. The Morgan fingerprint density at radius 3 is 2.86 bits per heavy atom. The van der Waals surface area contributed by atoms with Gasteiger partial charge in [0.2, 0.25) is 5.95 Å². The summed E-state index contributed by atoms with van der Waals surface area (Å²) in [4.78, 5) is 13.1. The SMILES string of the molecule is CCOc1c(Br)cc([C@@H]2C3=C(CC(C)(C)CC3=O)Nc3nnnn32)cc1OC. The van der Waals surface area contributed by atoms with E-state index in [-0.39, 0.29) is 11.2 Å². The number of nitrogens with one attached hydrogen (secondary N) is 1. The average Bonchev–Trinajstić information content (AvgIpc) is 3.08. The number of methoxy groups -OCH3 is 1. The first kappa shape index (κ1) is 18.9. The Morgan fingerprint density at radius 1 is 1.36 bits per heavy atom. The van der Waals surface area contributed by atoms with Crippen LogP contribution in [0.4, 0.5) is 5.95 Å². The molecule has 0 radical (unpaired) electrons. The lowest BCUT2D eigenvalue weighted by Crippen LogP contribution is -2.36. The van der Waals surface area contributed by atoms with E-state index in [0.29, 0.717) is 36.0 Å². The molecule has 8 nitrogen and oxygen atoms in total. The van der Waals surface area contributed by atoms with Crippen LogP contribution in [-0.4, -0.2) is 39.7 Å². The van der Waals surface area contributed by atoms with E-state index in [1.54, 1.807) is 11.8 Å². The number of tetrazole rings is 1. The maximum atomic E-state index is 13.1. The third-order valence-electron chi connectivity index (χ3n) is 5.05. The number of anilines is 1. The van der Waals surface area contributed by atoms with E-state index in [1.807, 2.05) is 19.1 Å². The van der Waals surface area contributed by atoms with Gasteiger partial charge in [0.05, 0.1) is 18.2 Å². The van der Waals surface area contributed by atoms with Crippen molar-refractivity contribution in [3.63, 3.8) is 0 Å². The fourth-order valence-corrected chi connectivity index (χ4v) is 4.53. The van der Waals surface area contributed by atoms with E-state index >= 15 is 0 Å². The zero-order valence-corrected chi connectivity index (χ0v) is 17.8. The van der Waals surface area contributed by atoms with E-state index in [2.05, 4.69) is 50.6 Å². The number of ether oxygens (including phenoxy) is 2. The van der Waals surface area contributed by atoms with Crippen molar-refractivity contribution in [1.29, 1.82) is 0 Å². The topological polar surface area (TPSA) is 91.2 Å². The summed E-state index contributed by atoms with van der Waals surface area (Å²) in [5, 5.41) is 15.3. The number of carbonyl (C=O) groups is 1. The quantitative estimate of drug-likeness (QED) is 0.766. The van der Waals surface area contributed by atoms with Crippen molar-refractivity contribution in [1.82, 2.24) is 20.2 Å². The molecule has 1 aliphatic heterocycles. The van der Waals surface area contributed by atoms with Gasteiger partial charge in [0.15, 0.2) is 17.3 Å². The number of rotatable bonds is 4. The molecule has 2 heterocycles. The maximum absolute atomic E-state index is 13.1. The van der Waals surface area contributed by atoms with Crippen molar-refractivity contribution in [2.24, 2.45) is 5.41 Å². The molecule has 0 saturated carbocycles. The third-order valence-corrected chi connectivity index (χ3v) is 5.64. The molecule has 2 aromatic rings. The lowest BCUT2D eigenvalue weighted by molar-refractivity contribution is -0.118. The van der Waals surface area contributed by atoms with Crippen LogP contribution in [0.2, 0.25) is 0 Å². The molecule has 1 aromatic heterocycles. The van der Waals surface area contributed by atoms with Crippen molar-refractivity contribution in [3.8, 4) is 11.5 Å². The zero-order valence-electron chi connectivity index (χ0n) is 16.2. The fourth-order valence-electron chi connectivity index (χ4n) is 3.96. The minimum Gasteiger partial charge on any atom is -0.493 e. The Labute approximate surface area is 171 Å². The Hall–Kier alpha value is -2.42. The average molecular weight is 448 g/mol. The van der Waals surface area contributed by atoms with Crippen molar-refractivity contribution < 1.29 is 14.3 Å². The summed E-state index contributed by atoms with van der Waals surface area (Å²) in [7, 11) is 1.60. The van der Waals surface area contributed by atoms with Gasteiger partial charge in [-0.25, -0.2) is 0 Å². The molecule has 0 unspecified atom stereocenters. The molecule has 1 aromatic carbocycles. The van der Waals surface area contributed by atoms with Gasteiger partial charge in [-0.15, -0.1) is 0 Å². The smallest absolute Gasteiger partial charge is 0.248 e. The number of fused-ring (bicyclic) bond motifs is 1. The number of benzene rings is 1. The fraction of sp³-hybridized carbons (Fsp3) is 0.474. The number of hydrogen-bond donors (Lipinski definition) is 1. The molecule has 0 fully saturated rings. The Morgan fingerprint density at radius 2 is 2.14 bits per heavy atom. The van der Waals surface area contributed by atoms with Gasteiger partial charge in [-0.3, -0.25) is 4.79 Å². The summed E-state index contributed by atoms with van der Waals surface area (Å²) in [5.41, 5.74) is 2.33. The highest BCUT2D eigenvalue weighted by atomic mass is 79.9. The molecule has 0 spiro atoms. The summed E-state index contributed by atoms with van der Waals surface area (Å²) < 4.78 is 13.6. The molecular weight excluding hydrogens is 426 g/mol. The van der Waals surface area contributed by atoms with Crippen molar-refractivity contribution in [3.05, 3.63) is 33.4 Å². The van der Waals surface area contributed by atoms with Gasteiger partial charge in [0.25, 0.3) is 0 Å². The van der Waals surface area contributed by atoms with Gasteiger partial charge in [-0.05, 0) is 62.8 Å². The van der Waals surface area contributed by atoms with Gasteiger partial charge in [0.1, 0.15) is 6.04 Å². The molecular formula is C19H22BrN5O3. The number of ketones is 1. The second-order valence-electron chi connectivity index (χ2n) is 7.77. The number of nitrogens with zero attached hydrogens (tertiary/aromatic N) is 4. The molecule has 1 N–H and O–H groups in total. The van der Waals surface area contributed by atoms with Crippen LogP contribution in [0, 0.1) is 5.41 Å². The lowest BCUT2D eigenvalue weighted by atomic mass is 9.73. The lowest BCUT2D eigenvalue weighted by Gasteiger charge is -2.38. The van der Waals surface area contributed by atoms with Gasteiger partial charge in [-0.1, -0.05) is 18.9 Å². The van der Waals surface area contributed by atoms with Crippen LogP contribution in [0.15, 0.2) is 27.9 Å². The first-order chi connectivity index (χ1) is 13.3. The standard InChI is InChI=1S/C19H22BrN5O3/c1-5-28-17-11(20)6-10(7-14(17)27-4)16-15-12(8-19(2,3)9-13(15)26)21-18-22-23-24-25(16)18/h6-7,16H,5,8-9H2,1-4H3,(H,21,22,24)/t16-/m1/s1. The molecule has 0 amide bonds. The Balaban J connectivity index is 1.90. The Bertz CT molecular complexity index is 982. The zero-order chi connectivity index (χ0) is 20.1. The summed E-state index contributed by atoms with van der Waals surface area (Å²) in [5.74, 6) is 1.85. The van der Waals surface area contributed by atoms with Gasteiger partial charge in [-0.2, -0.15) is 4.68 Å². The van der Waals surface area contributed by atoms with Gasteiger partial charge in [0, 0.05) is 17.7 Å². The van der Waals surface area contributed by atoms with Crippen LogP contribution in [0.1, 0.15) is 45.2 Å². The first-order valence-corrected chi connectivity index (χ1v) is 9.95. The summed E-state index contributed by atoms with van der Waals surface area (Å²) in [6, 6.07) is 3.40. The molecule has 2 aliphatic rings. The number of allylic oxidation sites excluding steroid dienone is 2. The van der Waals surface area contributed by atoms with Gasteiger partial charge >= 0.3 is 0 Å². The predicted molar refractivity (Wildman–Crippen MR) is 106 cm³/mol. The second kappa shape index (κ2) is 6.88. The van der Waals surface area contributed by atoms with Crippen LogP contribution in [0.3, 0.4) is 0 Å². The highest BCUT2D eigenvalue weighted by molar-refractivity contribution is 9.10. The summed E-state index contributed by atoms with van der Waals surface area (Å²) in [6.07, 6.45) is 1.24. The Kier molecular flexibility index (Phi) is 4.65. The van der Waals surface area contributed by atoms with E-state index < -0.39 is 6.04 Å². The number of carbonyl (C=O) groups excluding carboxylic acids is 1. The largest absolute Gasteiger partial charge is 0.493 e. The van der Waals surface area contributed by atoms with Crippen molar-refractivity contribution in [2.75, 3.05) is 19.0 Å². The minimum absolute atomic E-state index is 0.105. The minimum atomic E-state index is -0.425. The van der Waals surface area contributed by atoms with Crippen molar-refractivity contribution >= 4 is 27.7 Å². The summed E-state index contributed by atoms with van der Waals surface area (Å²) >= 11 is 3.58. The van der Waals surface area contributed by atoms with Crippen LogP contribution in [0.25, 0.3) is 0 Å². The molecule has 0 bridgehead atoms. The number of aromatic nitrogens is 4. The normalized spacial score (nSPS) is 20.3. The molecule has 28 heavy (non-hydrogen) atoms. The van der Waals surface area contributed by atoms with E-state index in [1.165, 1.54) is 0 Å². The van der Waals surface area contributed by atoms with Crippen LogP contribution >= 0.6 is 15.9 Å². The molecule has 4 rings (SSSR count). The monoisotopic (exact) mass is 447 g/mol.